The van der Waals surface area contributed by atoms with E-state index in [0.717, 1.165) is 0 Å². The molecule has 2 rings (SSSR count). The lowest BCUT2D eigenvalue weighted by molar-refractivity contribution is 0.199. The fourth-order valence-corrected chi connectivity index (χ4v) is 2.13. The van der Waals surface area contributed by atoms with E-state index >= 15 is 0 Å². The van der Waals surface area contributed by atoms with Gasteiger partial charge in [-0.3, -0.25) is 0 Å². The summed E-state index contributed by atoms with van der Waals surface area (Å²) < 4.78 is 18.4. The van der Waals surface area contributed by atoms with Gasteiger partial charge in [0.15, 0.2) is 0 Å². The summed E-state index contributed by atoms with van der Waals surface area (Å²) in [7, 11) is 0. The summed E-state index contributed by atoms with van der Waals surface area (Å²) in [6.45, 7) is 1.62. The SMILES string of the molecule is CC(O)c1ccc(Oc2ccc(F)cc2Cl)cc1Cl. The van der Waals surface area contributed by atoms with Crippen molar-refractivity contribution in [3.63, 3.8) is 0 Å². The molecule has 0 radical (unpaired) electrons. The maximum atomic E-state index is 12.9. The van der Waals surface area contributed by atoms with Gasteiger partial charge in [0.2, 0.25) is 0 Å². The number of rotatable bonds is 3. The van der Waals surface area contributed by atoms with Crippen LogP contribution in [-0.2, 0) is 0 Å². The van der Waals surface area contributed by atoms with E-state index in [1.807, 2.05) is 0 Å². The van der Waals surface area contributed by atoms with Gasteiger partial charge in [-0.2, -0.15) is 0 Å². The second kappa shape index (κ2) is 5.78. The van der Waals surface area contributed by atoms with E-state index in [9.17, 15) is 9.50 Å². The van der Waals surface area contributed by atoms with Crippen LogP contribution in [0.1, 0.15) is 18.6 Å². The molecule has 19 heavy (non-hydrogen) atoms. The molecule has 0 heterocycles. The second-order valence-electron chi connectivity index (χ2n) is 4.04. The molecule has 1 N–H and O–H groups in total. The summed E-state index contributed by atoms with van der Waals surface area (Å²) in [4.78, 5) is 0. The number of halogens is 3. The topological polar surface area (TPSA) is 29.5 Å². The maximum Gasteiger partial charge on any atom is 0.146 e. The van der Waals surface area contributed by atoms with Crippen LogP contribution in [0.5, 0.6) is 11.5 Å². The van der Waals surface area contributed by atoms with E-state index in [-0.39, 0.29) is 5.02 Å². The van der Waals surface area contributed by atoms with Crippen LogP contribution in [0.25, 0.3) is 0 Å². The van der Waals surface area contributed by atoms with Crippen LogP contribution in [0.4, 0.5) is 4.39 Å². The summed E-state index contributed by atoms with van der Waals surface area (Å²) in [6, 6.07) is 8.76. The summed E-state index contributed by atoms with van der Waals surface area (Å²) in [6.07, 6.45) is -0.657. The van der Waals surface area contributed by atoms with Crippen molar-refractivity contribution in [2.45, 2.75) is 13.0 Å². The van der Waals surface area contributed by atoms with Crippen molar-refractivity contribution in [2.75, 3.05) is 0 Å². The van der Waals surface area contributed by atoms with Crippen molar-refractivity contribution in [3.8, 4) is 11.5 Å². The molecule has 0 aromatic heterocycles. The third kappa shape index (κ3) is 3.38. The van der Waals surface area contributed by atoms with E-state index < -0.39 is 11.9 Å². The Hall–Kier alpha value is -1.29. The number of benzene rings is 2. The average Bonchev–Trinajstić information content (AvgIpc) is 2.32. The third-order valence-corrected chi connectivity index (χ3v) is 3.17. The summed E-state index contributed by atoms with van der Waals surface area (Å²) in [5.41, 5.74) is 0.610. The molecule has 2 aromatic carbocycles. The number of hydrogen-bond acceptors (Lipinski definition) is 2. The standard InChI is InChI=1S/C14H11Cl2FO2/c1-8(18)11-4-3-10(7-12(11)15)19-14-5-2-9(17)6-13(14)16/h2-8,18H,1H3. The first-order valence-corrected chi connectivity index (χ1v) is 6.33. The van der Waals surface area contributed by atoms with Gasteiger partial charge in [-0.15, -0.1) is 0 Å². The minimum atomic E-state index is -0.657. The first-order chi connectivity index (χ1) is 8.97. The van der Waals surface area contributed by atoms with Crippen LogP contribution in [0.15, 0.2) is 36.4 Å². The number of aliphatic hydroxyl groups is 1. The fraction of sp³-hybridized carbons (Fsp3) is 0.143. The summed E-state index contributed by atoms with van der Waals surface area (Å²) >= 11 is 11.9. The van der Waals surface area contributed by atoms with Gasteiger partial charge in [0.25, 0.3) is 0 Å². The molecule has 2 nitrogen and oxygen atoms in total. The number of ether oxygens (including phenoxy) is 1. The van der Waals surface area contributed by atoms with Crippen molar-refractivity contribution >= 4 is 23.2 Å². The molecule has 5 heteroatoms. The van der Waals surface area contributed by atoms with Crippen molar-refractivity contribution in [2.24, 2.45) is 0 Å². The van der Waals surface area contributed by atoms with Crippen LogP contribution in [0.2, 0.25) is 10.0 Å². The molecule has 0 aliphatic heterocycles. The molecule has 0 saturated carbocycles. The maximum absolute atomic E-state index is 12.9. The van der Waals surface area contributed by atoms with Crippen molar-refractivity contribution in [3.05, 3.63) is 57.8 Å². The third-order valence-electron chi connectivity index (χ3n) is 2.54. The zero-order chi connectivity index (χ0) is 14.0. The molecule has 1 unspecified atom stereocenters. The van der Waals surface area contributed by atoms with Crippen molar-refractivity contribution in [1.82, 2.24) is 0 Å². The van der Waals surface area contributed by atoms with E-state index in [0.29, 0.717) is 22.1 Å². The van der Waals surface area contributed by atoms with E-state index in [4.69, 9.17) is 27.9 Å². The van der Waals surface area contributed by atoms with Crippen LogP contribution < -0.4 is 4.74 Å². The highest BCUT2D eigenvalue weighted by atomic mass is 35.5. The highest BCUT2D eigenvalue weighted by Crippen LogP contribution is 2.33. The van der Waals surface area contributed by atoms with E-state index in [1.54, 1.807) is 25.1 Å². The number of aliphatic hydroxyl groups excluding tert-OH is 1. The first-order valence-electron chi connectivity index (χ1n) is 5.58. The predicted molar refractivity (Wildman–Crippen MR) is 73.6 cm³/mol. The molecule has 0 fully saturated rings. The smallest absolute Gasteiger partial charge is 0.146 e. The molecular weight excluding hydrogens is 290 g/mol. The Morgan fingerprint density at radius 3 is 2.42 bits per heavy atom. The number of hydrogen-bond donors (Lipinski definition) is 1. The zero-order valence-corrected chi connectivity index (χ0v) is 11.5. The molecule has 0 saturated heterocycles. The second-order valence-corrected chi connectivity index (χ2v) is 4.85. The Kier molecular flexibility index (Phi) is 4.30. The fourth-order valence-electron chi connectivity index (χ4n) is 1.60. The largest absolute Gasteiger partial charge is 0.456 e. The van der Waals surface area contributed by atoms with Gasteiger partial charge in [0.1, 0.15) is 17.3 Å². The van der Waals surface area contributed by atoms with Gasteiger partial charge in [-0.25, -0.2) is 4.39 Å². The van der Waals surface area contributed by atoms with Crippen LogP contribution in [0, 0.1) is 5.82 Å². The molecule has 0 bridgehead atoms. The van der Waals surface area contributed by atoms with Crippen LogP contribution in [-0.4, -0.2) is 5.11 Å². The van der Waals surface area contributed by atoms with Crippen molar-refractivity contribution in [1.29, 1.82) is 0 Å². The van der Waals surface area contributed by atoms with Crippen molar-refractivity contribution < 1.29 is 14.2 Å². The Morgan fingerprint density at radius 1 is 1.11 bits per heavy atom. The molecule has 0 amide bonds. The lowest BCUT2D eigenvalue weighted by Crippen LogP contribution is -1.93. The molecule has 0 aliphatic rings. The monoisotopic (exact) mass is 300 g/mol. The zero-order valence-electron chi connectivity index (χ0n) is 10.0. The first kappa shape index (κ1) is 14.1. The minimum Gasteiger partial charge on any atom is -0.456 e. The summed E-state index contributed by atoms with van der Waals surface area (Å²) in [5.74, 6) is 0.367. The summed E-state index contributed by atoms with van der Waals surface area (Å²) in [5, 5.41) is 10.0. The lowest BCUT2D eigenvalue weighted by atomic mass is 10.1. The Morgan fingerprint density at radius 2 is 1.84 bits per heavy atom. The molecule has 2 aromatic rings. The minimum absolute atomic E-state index is 0.177. The molecule has 0 aliphatic carbocycles. The van der Waals surface area contributed by atoms with Crippen LogP contribution in [0.3, 0.4) is 0 Å². The van der Waals surface area contributed by atoms with E-state index in [1.165, 1.54) is 18.2 Å². The Bertz CT molecular complexity index is 600. The Labute approximate surface area is 120 Å². The molecule has 0 spiro atoms. The van der Waals surface area contributed by atoms with Gasteiger partial charge in [-0.1, -0.05) is 29.3 Å². The van der Waals surface area contributed by atoms with Crippen LogP contribution >= 0.6 is 23.2 Å². The highest BCUT2D eigenvalue weighted by Gasteiger charge is 2.09. The normalized spacial score (nSPS) is 12.3. The van der Waals surface area contributed by atoms with Gasteiger partial charge in [0.05, 0.1) is 16.1 Å². The molecule has 100 valence electrons. The lowest BCUT2D eigenvalue weighted by Gasteiger charge is -2.11. The van der Waals surface area contributed by atoms with Gasteiger partial charge in [-0.05, 0) is 42.8 Å². The van der Waals surface area contributed by atoms with E-state index in [2.05, 4.69) is 0 Å². The average molecular weight is 301 g/mol. The van der Waals surface area contributed by atoms with Gasteiger partial charge < -0.3 is 9.84 Å². The van der Waals surface area contributed by atoms with Gasteiger partial charge in [0, 0.05) is 0 Å². The van der Waals surface area contributed by atoms with Gasteiger partial charge >= 0.3 is 0 Å². The quantitative estimate of drug-likeness (QED) is 0.866. The molecular formula is C14H11Cl2FO2. The molecule has 1 atom stereocenters. The highest BCUT2D eigenvalue weighted by molar-refractivity contribution is 6.32. The predicted octanol–water partition coefficient (Wildman–Crippen LogP) is 4.98. The Balaban J connectivity index is 2.26.